The highest BCUT2D eigenvalue weighted by atomic mass is 35.5. The third-order valence-electron chi connectivity index (χ3n) is 2.32. The first-order valence-corrected chi connectivity index (χ1v) is 5.94. The van der Waals surface area contributed by atoms with Gasteiger partial charge in [-0.1, -0.05) is 17.7 Å². The SMILES string of the molecule is O=C(NCCc1ccco1)Nc1cccc(Cl)c1. The summed E-state index contributed by atoms with van der Waals surface area (Å²) in [5.74, 6) is 0.845. The maximum Gasteiger partial charge on any atom is 0.319 e. The van der Waals surface area contributed by atoms with Crippen LogP contribution in [0.5, 0.6) is 0 Å². The predicted octanol–water partition coefficient (Wildman–Crippen LogP) is 3.30. The average Bonchev–Trinajstić information content (AvgIpc) is 2.82. The lowest BCUT2D eigenvalue weighted by molar-refractivity contribution is 0.252. The van der Waals surface area contributed by atoms with Crippen molar-refractivity contribution in [1.82, 2.24) is 5.32 Å². The highest BCUT2D eigenvalue weighted by Crippen LogP contribution is 2.14. The molecule has 2 rings (SSSR count). The van der Waals surface area contributed by atoms with Crippen molar-refractivity contribution >= 4 is 23.3 Å². The van der Waals surface area contributed by atoms with Crippen LogP contribution in [0.2, 0.25) is 5.02 Å². The van der Waals surface area contributed by atoms with Crippen molar-refractivity contribution < 1.29 is 9.21 Å². The van der Waals surface area contributed by atoms with E-state index in [1.165, 1.54) is 0 Å². The summed E-state index contributed by atoms with van der Waals surface area (Å²) in [6, 6.07) is 10.4. The Kier molecular flexibility index (Phi) is 4.25. The van der Waals surface area contributed by atoms with E-state index in [0.717, 1.165) is 5.76 Å². The van der Waals surface area contributed by atoms with Gasteiger partial charge in [0.25, 0.3) is 0 Å². The summed E-state index contributed by atoms with van der Waals surface area (Å²) in [6.07, 6.45) is 2.28. The highest BCUT2D eigenvalue weighted by Gasteiger charge is 2.02. The van der Waals surface area contributed by atoms with Gasteiger partial charge in [-0.2, -0.15) is 0 Å². The number of hydrogen-bond donors (Lipinski definition) is 2. The van der Waals surface area contributed by atoms with E-state index in [1.54, 1.807) is 30.5 Å². The van der Waals surface area contributed by atoms with Crippen LogP contribution < -0.4 is 10.6 Å². The molecule has 4 nitrogen and oxygen atoms in total. The molecule has 0 aliphatic heterocycles. The van der Waals surface area contributed by atoms with Crippen LogP contribution in [-0.2, 0) is 6.42 Å². The number of amides is 2. The van der Waals surface area contributed by atoms with Crippen LogP contribution in [0.3, 0.4) is 0 Å². The molecule has 94 valence electrons. The van der Waals surface area contributed by atoms with Gasteiger partial charge < -0.3 is 15.1 Å². The van der Waals surface area contributed by atoms with Crippen LogP contribution in [0.4, 0.5) is 10.5 Å². The zero-order valence-corrected chi connectivity index (χ0v) is 10.4. The Hall–Kier alpha value is -1.94. The van der Waals surface area contributed by atoms with Gasteiger partial charge >= 0.3 is 6.03 Å². The largest absolute Gasteiger partial charge is 0.469 e. The van der Waals surface area contributed by atoms with Gasteiger partial charge in [0.1, 0.15) is 5.76 Å². The lowest BCUT2D eigenvalue weighted by Crippen LogP contribution is -2.30. The third kappa shape index (κ3) is 3.82. The number of benzene rings is 1. The summed E-state index contributed by atoms with van der Waals surface area (Å²) in [7, 11) is 0. The van der Waals surface area contributed by atoms with Gasteiger partial charge in [0, 0.05) is 23.7 Å². The van der Waals surface area contributed by atoms with Crippen LogP contribution in [0.1, 0.15) is 5.76 Å². The minimum Gasteiger partial charge on any atom is -0.469 e. The Labute approximate surface area is 110 Å². The fourth-order valence-corrected chi connectivity index (χ4v) is 1.69. The highest BCUT2D eigenvalue weighted by molar-refractivity contribution is 6.30. The number of carbonyl (C=O) groups excluding carboxylic acids is 1. The van der Waals surface area contributed by atoms with Gasteiger partial charge in [0.15, 0.2) is 0 Å². The van der Waals surface area contributed by atoms with Crippen molar-refractivity contribution in [2.75, 3.05) is 11.9 Å². The first-order valence-electron chi connectivity index (χ1n) is 5.57. The predicted molar refractivity (Wildman–Crippen MR) is 70.9 cm³/mol. The van der Waals surface area contributed by atoms with Crippen molar-refractivity contribution in [3.8, 4) is 0 Å². The number of halogens is 1. The van der Waals surface area contributed by atoms with Crippen molar-refractivity contribution in [2.24, 2.45) is 0 Å². The molecule has 0 saturated heterocycles. The van der Waals surface area contributed by atoms with E-state index < -0.39 is 0 Å². The molecule has 0 unspecified atom stereocenters. The van der Waals surface area contributed by atoms with E-state index in [-0.39, 0.29) is 6.03 Å². The Balaban J connectivity index is 1.75. The zero-order chi connectivity index (χ0) is 12.8. The molecule has 1 aromatic heterocycles. The molecule has 0 radical (unpaired) electrons. The number of furan rings is 1. The van der Waals surface area contributed by atoms with Gasteiger partial charge in [0.2, 0.25) is 0 Å². The number of anilines is 1. The maximum absolute atomic E-state index is 11.6. The molecule has 1 heterocycles. The monoisotopic (exact) mass is 264 g/mol. The smallest absolute Gasteiger partial charge is 0.319 e. The van der Waals surface area contributed by atoms with Crippen molar-refractivity contribution in [2.45, 2.75) is 6.42 Å². The van der Waals surface area contributed by atoms with E-state index in [2.05, 4.69) is 10.6 Å². The van der Waals surface area contributed by atoms with Gasteiger partial charge in [-0.3, -0.25) is 0 Å². The van der Waals surface area contributed by atoms with Crippen LogP contribution in [0, 0.1) is 0 Å². The number of urea groups is 1. The molecule has 0 saturated carbocycles. The fraction of sp³-hybridized carbons (Fsp3) is 0.154. The van der Waals surface area contributed by atoms with Crippen LogP contribution in [0.15, 0.2) is 47.1 Å². The van der Waals surface area contributed by atoms with Gasteiger partial charge in [0.05, 0.1) is 6.26 Å². The van der Waals surface area contributed by atoms with E-state index >= 15 is 0 Å². The van der Waals surface area contributed by atoms with Crippen LogP contribution >= 0.6 is 11.6 Å². The Morgan fingerprint density at radius 1 is 1.28 bits per heavy atom. The molecule has 2 amide bonds. The van der Waals surface area contributed by atoms with Crippen LogP contribution in [0.25, 0.3) is 0 Å². The van der Waals surface area contributed by atoms with E-state index in [1.807, 2.05) is 12.1 Å². The standard InChI is InChI=1S/C13H13ClN2O2/c14-10-3-1-4-11(9-10)16-13(17)15-7-6-12-5-2-8-18-12/h1-5,8-9H,6-7H2,(H2,15,16,17). The molecule has 2 N–H and O–H groups in total. The lowest BCUT2D eigenvalue weighted by Gasteiger charge is -2.07. The van der Waals surface area contributed by atoms with Crippen LogP contribution in [-0.4, -0.2) is 12.6 Å². The number of rotatable bonds is 4. The second-order valence-corrected chi connectivity index (χ2v) is 4.16. The molecule has 0 aliphatic carbocycles. The molecule has 0 bridgehead atoms. The minimum atomic E-state index is -0.260. The molecule has 1 aromatic carbocycles. The number of carbonyl (C=O) groups is 1. The molecule has 0 spiro atoms. The summed E-state index contributed by atoms with van der Waals surface area (Å²) in [5, 5.41) is 6.02. The van der Waals surface area contributed by atoms with Gasteiger partial charge in [-0.05, 0) is 30.3 Å². The Morgan fingerprint density at radius 2 is 2.17 bits per heavy atom. The molecule has 0 atom stereocenters. The normalized spacial score (nSPS) is 10.1. The Bertz CT molecular complexity index is 511. The molecule has 18 heavy (non-hydrogen) atoms. The molecular weight excluding hydrogens is 252 g/mol. The maximum atomic E-state index is 11.6. The van der Waals surface area contributed by atoms with E-state index in [4.69, 9.17) is 16.0 Å². The molecule has 0 aliphatic rings. The zero-order valence-electron chi connectivity index (χ0n) is 9.65. The summed E-state index contributed by atoms with van der Waals surface area (Å²) in [5.41, 5.74) is 0.665. The van der Waals surface area contributed by atoms with Gasteiger partial charge in [-0.15, -0.1) is 0 Å². The second kappa shape index (κ2) is 6.12. The van der Waals surface area contributed by atoms with Crippen molar-refractivity contribution in [3.63, 3.8) is 0 Å². The summed E-state index contributed by atoms with van der Waals surface area (Å²) in [4.78, 5) is 11.6. The summed E-state index contributed by atoms with van der Waals surface area (Å²) >= 11 is 5.82. The first-order chi connectivity index (χ1) is 8.74. The third-order valence-corrected chi connectivity index (χ3v) is 2.55. The van der Waals surface area contributed by atoms with E-state index in [0.29, 0.717) is 23.7 Å². The first kappa shape index (κ1) is 12.5. The second-order valence-electron chi connectivity index (χ2n) is 3.72. The lowest BCUT2D eigenvalue weighted by atomic mass is 10.3. The Morgan fingerprint density at radius 3 is 2.89 bits per heavy atom. The minimum absolute atomic E-state index is 0.260. The summed E-state index contributed by atoms with van der Waals surface area (Å²) in [6.45, 7) is 0.514. The van der Waals surface area contributed by atoms with E-state index in [9.17, 15) is 4.79 Å². The average molecular weight is 265 g/mol. The number of hydrogen-bond acceptors (Lipinski definition) is 2. The fourth-order valence-electron chi connectivity index (χ4n) is 1.50. The topological polar surface area (TPSA) is 54.3 Å². The molecule has 0 fully saturated rings. The van der Waals surface area contributed by atoms with Crippen molar-refractivity contribution in [1.29, 1.82) is 0 Å². The quantitative estimate of drug-likeness (QED) is 0.890. The molecular formula is C13H13ClN2O2. The van der Waals surface area contributed by atoms with Gasteiger partial charge in [-0.25, -0.2) is 4.79 Å². The number of nitrogens with one attached hydrogen (secondary N) is 2. The summed E-state index contributed by atoms with van der Waals surface area (Å²) < 4.78 is 5.16. The molecule has 5 heteroatoms. The molecule has 2 aromatic rings. The van der Waals surface area contributed by atoms with Crippen molar-refractivity contribution in [3.05, 3.63) is 53.4 Å².